The van der Waals surface area contributed by atoms with Gasteiger partial charge in [-0.1, -0.05) is 6.42 Å². The molecule has 0 aromatic carbocycles. The van der Waals surface area contributed by atoms with Gasteiger partial charge in [0.05, 0.1) is 17.4 Å². The first kappa shape index (κ1) is 9.56. The zero-order chi connectivity index (χ0) is 10.3. The van der Waals surface area contributed by atoms with Crippen LogP contribution in [-0.2, 0) is 5.54 Å². The van der Waals surface area contributed by atoms with Crippen molar-refractivity contribution in [2.24, 2.45) is 0 Å². The van der Waals surface area contributed by atoms with Crippen LogP contribution in [0.2, 0.25) is 0 Å². The molecular formula is C11H18N2O. The highest BCUT2D eigenvalue weighted by molar-refractivity contribution is 5.29. The standard InChI is InChI=1S/C11H18N2O/c1-11(2,3)13-10(8-5-4-6-8)9(14)7-12-13/h7-8,14H,4-6H2,1-3H3. The van der Waals surface area contributed by atoms with E-state index in [2.05, 4.69) is 25.9 Å². The molecule has 0 amide bonds. The van der Waals surface area contributed by atoms with Crippen molar-refractivity contribution in [2.75, 3.05) is 0 Å². The van der Waals surface area contributed by atoms with Crippen molar-refractivity contribution in [1.29, 1.82) is 0 Å². The van der Waals surface area contributed by atoms with Gasteiger partial charge in [0.25, 0.3) is 0 Å². The van der Waals surface area contributed by atoms with Gasteiger partial charge in [-0.15, -0.1) is 0 Å². The minimum absolute atomic E-state index is 0.0358. The molecule has 1 heterocycles. The van der Waals surface area contributed by atoms with Crippen molar-refractivity contribution < 1.29 is 5.11 Å². The molecule has 0 atom stereocenters. The first-order valence-corrected chi connectivity index (χ1v) is 5.27. The van der Waals surface area contributed by atoms with Crippen LogP contribution < -0.4 is 0 Å². The van der Waals surface area contributed by atoms with Crippen molar-refractivity contribution >= 4 is 0 Å². The molecule has 3 heteroatoms. The molecule has 1 N–H and O–H groups in total. The first-order chi connectivity index (χ1) is 6.50. The Balaban J connectivity index is 2.40. The molecule has 1 aromatic rings. The lowest BCUT2D eigenvalue weighted by Crippen LogP contribution is -2.28. The van der Waals surface area contributed by atoms with Crippen LogP contribution in [0.3, 0.4) is 0 Å². The van der Waals surface area contributed by atoms with E-state index in [1.165, 1.54) is 19.3 Å². The van der Waals surface area contributed by atoms with E-state index in [-0.39, 0.29) is 5.54 Å². The van der Waals surface area contributed by atoms with E-state index in [1.54, 1.807) is 6.20 Å². The molecule has 1 aliphatic rings. The summed E-state index contributed by atoms with van der Waals surface area (Å²) in [4.78, 5) is 0. The number of hydrogen-bond acceptors (Lipinski definition) is 2. The molecule has 0 unspecified atom stereocenters. The first-order valence-electron chi connectivity index (χ1n) is 5.27. The molecule has 2 rings (SSSR count). The van der Waals surface area contributed by atoms with E-state index in [9.17, 15) is 5.11 Å². The Morgan fingerprint density at radius 1 is 1.43 bits per heavy atom. The minimum atomic E-state index is -0.0358. The van der Waals surface area contributed by atoms with Crippen LogP contribution >= 0.6 is 0 Å². The zero-order valence-corrected chi connectivity index (χ0v) is 9.12. The third kappa shape index (κ3) is 1.41. The van der Waals surface area contributed by atoms with Gasteiger partial charge in [0, 0.05) is 5.92 Å². The molecular weight excluding hydrogens is 176 g/mol. The van der Waals surface area contributed by atoms with Crippen molar-refractivity contribution in [1.82, 2.24) is 9.78 Å². The number of aromatic hydroxyl groups is 1. The van der Waals surface area contributed by atoms with Crippen LogP contribution in [-0.4, -0.2) is 14.9 Å². The molecule has 3 nitrogen and oxygen atoms in total. The fourth-order valence-electron chi connectivity index (χ4n) is 1.95. The lowest BCUT2D eigenvalue weighted by Gasteiger charge is -2.30. The Morgan fingerprint density at radius 3 is 2.50 bits per heavy atom. The van der Waals surface area contributed by atoms with Gasteiger partial charge < -0.3 is 5.11 Å². The molecule has 1 aliphatic carbocycles. The van der Waals surface area contributed by atoms with Gasteiger partial charge in [-0.2, -0.15) is 5.10 Å². The normalized spacial score (nSPS) is 18.2. The summed E-state index contributed by atoms with van der Waals surface area (Å²) in [7, 11) is 0. The summed E-state index contributed by atoms with van der Waals surface area (Å²) in [6, 6.07) is 0. The number of hydrogen-bond donors (Lipinski definition) is 1. The summed E-state index contributed by atoms with van der Waals surface area (Å²) in [5, 5.41) is 14.0. The monoisotopic (exact) mass is 194 g/mol. The molecule has 1 fully saturated rings. The highest BCUT2D eigenvalue weighted by Gasteiger charge is 2.30. The summed E-state index contributed by atoms with van der Waals surface area (Å²) in [6.45, 7) is 6.34. The van der Waals surface area contributed by atoms with Crippen molar-refractivity contribution in [3.05, 3.63) is 11.9 Å². The van der Waals surface area contributed by atoms with Gasteiger partial charge in [0.15, 0.2) is 5.75 Å². The van der Waals surface area contributed by atoms with Gasteiger partial charge in [-0.25, -0.2) is 0 Å². The van der Waals surface area contributed by atoms with Crippen molar-refractivity contribution in [3.63, 3.8) is 0 Å². The molecule has 14 heavy (non-hydrogen) atoms. The summed E-state index contributed by atoms with van der Waals surface area (Å²) < 4.78 is 1.96. The predicted octanol–water partition coefficient (Wildman–Crippen LogP) is 2.61. The van der Waals surface area contributed by atoms with E-state index in [0.717, 1.165) is 5.69 Å². The van der Waals surface area contributed by atoms with Gasteiger partial charge >= 0.3 is 0 Å². The number of aromatic nitrogens is 2. The fraction of sp³-hybridized carbons (Fsp3) is 0.727. The summed E-state index contributed by atoms with van der Waals surface area (Å²) >= 11 is 0. The zero-order valence-electron chi connectivity index (χ0n) is 9.12. The third-order valence-corrected chi connectivity index (χ3v) is 2.91. The molecule has 1 saturated carbocycles. The van der Waals surface area contributed by atoms with Gasteiger partial charge in [-0.05, 0) is 33.6 Å². The lowest BCUT2D eigenvalue weighted by molar-refractivity contribution is 0.299. The Morgan fingerprint density at radius 2 is 2.07 bits per heavy atom. The van der Waals surface area contributed by atoms with Gasteiger partial charge in [0.1, 0.15) is 0 Å². The molecule has 0 bridgehead atoms. The van der Waals surface area contributed by atoms with E-state index < -0.39 is 0 Å². The van der Waals surface area contributed by atoms with Crippen LogP contribution in [0.4, 0.5) is 0 Å². The smallest absolute Gasteiger partial charge is 0.157 e. The minimum Gasteiger partial charge on any atom is -0.504 e. The second kappa shape index (κ2) is 3.01. The van der Waals surface area contributed by atoms with Crippen molar-refractivity contribution in [3.8, 4) is 5.75 Å². The van der Waals surface area contributed by atoms with Crippen LogP contribution in [0.15, 0.2) is 6.20 Å². The number of nitrogens with zero attached hydrogens (tertiary/aromatic N) is 2. The van der Waals surface area contributed by atoms with Crippen LogP contribution in [0.1, 0.15) is 51.6 Å². The number of rotatable bonds is 1. The molecule has 0 saturated heterocycles. The van der Waals surface area contributed by atoms with E-state index in [4.69, 9.17) is 0 Å². The molecule has 1 aromatic heterocycles. The average molecular weight is 194 g/mol. The Kier molecular flexibility index (Phi) is 2.05. The predicted molar refractivity (Wildman–Crippen MR) is 55.5 cm³/mol. The van der Waals surface area contributed by atoms with Crippen molar-refractivity contribution in [2.45, 2.75) is 51.5 Å². The maximum atomic E-state index is 9.75. The van der Waals surface area contributed by atoms with Gasteiger partial charge in [-0.3, -0.25) is 4.68 Å². The Bertz CT molecular complexity index is 332. The fourth-order valence-corrected chi connectivity index (χ4v) is 1.95. The maximum absolute atomic E-state index is 9.75. The van der Waals surface area contributed by atoms with Crippen LogP contribution in [0, 0.1) is 0 Å². The molecule has 0 aliphatic heterocycles. The summed E-state index contributed by atoms with van der Waals surface area (Å²) in [5.41, 5.74) is 0.995. The summed E-state index contributed by atoms with van der Waals surface area (Å²) in [6.07, 6.45) is 5.23. The highest BCUT2D eigenvalue weighted by Crippen LogP contribution is 2.41. The topological polar surface area (TPSA) is 38.0 Å². The van der Waals surface area contributed by atoms with Gasteiger partial charge in [0.2, 0.25) is 0 Å². The maximum Gasteiger partial charge on any atom is 0.157 e. The van der Waals surface area contributed by atoms with E-state index >= 15 is 0 Å². The van der Waals surface area contributed by atoms with Crippen LogP contribution in [0.25, 0.3) is 0 Å². The highest BCUT2D eigenvalue weighted by atomic mass is 16.3. The average Bonchev–Trinajstić information content (AvgIpc) is 2.28. The SMILES string of the molecule is CC(C)(C)n1ncc(O)c1C1CCC1. The van der Waals surface area contributed by atoms with E-state index in [0.29, 0.717) is 11.7 Å². The largest absolute Gasteiger partial charge is 0.504 e. The Labute approximate surface area is 84.7 Å². The molecule has 0 spiro atoms. The third-order valence-electron chi connectivity index (χ3n) is 2.91. The Hall–Kier alpha value is -0.990. The summed E-state index contributed by atoms with van der Waals surface area (Å²) in [5.74, 6) is 0.890. The second-order valence-corrected chi connectivity index (χ2v) is 5.13. The van der Waals surface area contributed by atoms with E-state index in [1.807, 2.05) is 4.68 Å². The molecule has 0 radical (unpaired) electrons. The quantitative estimate of drug-likeness (QED) is 0.746. The van der Waals surface area contributed by atoms with Crippen LogP contribution in [0.5, 0.6) is 5.75 Å². The molecule has 78 valence electrons. The lowest BCUT2D eigenvalue weighted by atomic mass is 9.82. The second-order valence-electron chi connectivity index (χ2n) is 5.13.